The zero-order valence-corrected chi connectivity index (χ0v) is 9.88. The molecule has 0 fully saturated rings. The highest BCUT2D eigenvalue weighted by Crippen LogP contribution is 2.33. The van der Waals surface area contributed by atoms with Gasteiger partial charge < -0.3 is 9.84 Å². The summed E-state index contributed by atoms with van der Waals surface area (Å²) in [6.45, 7) is -0.914. The van der Waals surface area contributed by atoms with Gasteiger partial charge in [0.1, 0.15) is 0 Å². The third kappa shape index (κ3) is 4.66. The van der Waals surface area contributed by atoms with Crippen LogP contribution in [-0.2, 0) is 15.7 Å². The fourth-order valence-electron chi connectivity index (χ4n) is 1.07. The van der Waals surface area contributed by atoms with Crippen LogP contribution in [0.3, 0.4) is 0 Å². The van der Waals surface area contributed by atoms with Crippen LogP contribution in [0, 0.1) is 0 Å². The zero-order valence-electron chi connectivity index (χ0n) is 9.12. The predicted molar refractivity (Wildman–Crippen MR) is 59.1 cm³/mol. The molecule has 1 aromatic rings. The Kier molecular flexibility index (Phi) is 4.60. The van der Waals surface area contributed by atoms with Crippen molar-refractivity contribution in [2.45, 2.75) is 6.18 Å². The Hall–Kier alpha value is -1.96. The number of carboxylic acids is 1. The Bertz CT molecular complexity index is 504. The number of ether oxygens (including phenoxy) is 1. The second-order valence-corrected chi connectivity index (χ2v) is 3.69. The van der Waals surface area contributed by atoms with E-state index in [1.54, 1.807) is 0 Å². The summed E-state index contributed by atoms with van der Waals surface area (Å²) in [7, 11) is 0. The number of carbonyl (C=O) groups excluding carboxylic acids is 1. The molecule has 9 heteroatoms. The number of rotatable bonds is 3. The minimum atomic E-state index is -4.59. The van der Waals surface area contributed by atoms with Gasteiger partial charge in [-0.15, -0.1) is 0 Å². The van der Waals surface area contributed by atoms with Gasteiger partial charge in [0.2, 0.25) is 0 Å². The molecule has 0 aliphatic heterocycles. The minimum Gasteiger partial charge on any atom is -0.479 e. The SMILES string of the molecule is O=C(O)COC(=O)Nc1cc(C(F)(F)F)ccc1Cl. The average Bonchev–Trinajstić information content (AvgIpc) is 2.28. The molecular weight excluding hydrogens is 291 g/mol. The Morgan fingerprint density at radius 1 is 1.37 bits per heavy atom. The van der Waals surface area contributed by atoms with E-state index in [0.717, 1.165) is 12.1 Å². The number of hydrogen-bond donors (Lipinski definition) is 2. The maximum absolute atomic E-state index is 12.4. The van der Waals surface area contributed by atoms with Gasteiger partial charge in [0.15, 0.2) is 6.61 Å². The number of anilines is 1. The molecule has 0 bridgehead atoms. The first kappa shape index (κ1) is 15.1. The van der Waals surface area contributed by atoms with E-state index in [0.29, 0.717) is 6.07 Å². The van der Waals surface area contributed by atoms with E-state index in [4.69, 9.17) is 16.7 Å². The first-order valence-electron chi connectivity index (χ1n) is 4.72. The van der Waals surface area contributed by atoms with Crippen LogP contribution >= 0.6 is 11.6 Å². The summed E-state index contributed by atoms with van der Waals surface area (Å²) in [6.07, 6.45) is -5.81. The molecule has 0 aliphatic carbocycles. The summed E-state index contributed by atoms with van der Waals surface area (Å²) in [5.74, 6) is -1.40. The van der Waals surface area contributed by atoms with E-state index < -0.39 is 30.4 Å². The number of nitrogens with one attached hydrogen (secondary N) is 1. The number of carbonyl (C=O) groups is 2. The number of hydrogen-bond acceptors (Lipinski definition) is 3. The monoisotopic (exact) mass is 297 g/mol. The molecular formula is C10H7ClF3NO4. The highest BCUT2D eigenvalue weighted by Gasteiger charge is 2.31. The van der Waals surface area contributed by atoms with Crippen LogP contribution in [0.4, 0.5) is 23.7 Å². The van der Waals surface area contributed by atoms with Crippen molar-refractivity contribution in [1.82, 2.24) is 0 Å². The normalized spacial score (nSPS) is 10.9. The van der Waals surface area contributed by atoms with E-state index in [-0.39, 0.29) is 10.7 Å². The molecule has 2 N–H and O–H groups in total. The first-order chi connectivity index (χ1) is 8.70. The zero-order chi connectivity index (χ0) is 14.6. The maximum Gasteiger partial charge on any atom is 0.416 e. The fourth-order valence-corrected chi connectivity index (χ4v) is 1.24. The average molecular weight is 298 g/mol. The smallest absolute Gasteiger partial charge is 0.416 e. The molecule has 0 unspecified atom stereocenters. The molecule has 1 rings (SSSR count). The molecule has 0 atom stereocenters. The standard InChI is InChI=1S/C10H7ClF3NO4/c11-6-2-1-5(10(12,13)14)3-7(6)15-9(18)19-4-8(16)17/h1-3H,4H2,(H,15,18)(H,16,17). The Morgan fingerprint density at radius 2 is 2.00 bits per heavy atom. The van der Waals surface area contributed by atoms with E-state index in [1.807, 2.05) is 5.32 Å². The number of benzene rings is 1. The largest absolute Gasteiger partial charge is 0.479 e. The summed E-state index contributed by atoms with van der Waals surface area (Å²) >= 11 is 5.60. The number of carboxylic acid groups (broad SMARTS) is 1. The third-order valence-electron chi connectivity index (χ3n) is 1.86. The minimum absolute atomic E-state index is 0.139. The van der Waals surface area contributed by atoms with Crippen molar-refractivity contribution in [2.24, 2.45) is 0 Å². The van der Waals surface area contributed by atoms with Crippen LogP contribution in [0.2, 0.25) is 5.02 Å². The van der Waals surface area contributed by atoms with E-state index >= 15 is 0 Å². The van der Waals surface area contributed by atoms with Gasteiger partial charge in [0.05, 0.1) is 16.3 Å². The highest BCUT2D eigenvalue weighted by atomic mass is 35.5. The fraction of sp³-hybridized carbons (Fsp3) is 0.200. The first-order valence-corrected chi connectivity index (χ1v) is 5.10. The lowest BCUT2D eigenvalue weighted by molar-refractivity contribution is -0.140. The van der Waals surface area contributed by atoms with Crippen molar-refractivity contribution in [1.29, 1.82) is 0 Å². The van der Waals surface area contributed by atoms with Gasteiger partial charge in [0, 0.05) is 0 Å². The molecule has 0 aromatic heterocycles. The molecule has 5 nitrogen and oxygen atoms in total. The van der Waals surface area contributed by atoms with Crippen LogP contribution in [0.1, 0.15) is 5.56 Å². The summed E-state index contributed by atoms with van der Waals surface area (Å²) in [5.41, 5.74) is -1.34. The van der Waals surface area contributed by atoms with Gasteiger partial charge in [0.25, 0.3) is 0 Å². The summed E-state index contributed by atoms with van der Waals surface area (Å²) in [5, 5.41) is 10.0. The molecule has 0 spiro atoms. The van der Waals surface area contributed by atoms with Gasteiger partial charge in [-0.2, -0.15) is 13.2 Å². The van der Waals surface area contributed by atoms with Crippen molar-refractivity contribution >= 4 is 29.4 Å². The third-order valence-corrected chi connectivity index (χ3v) is 2.19. The Balaban J connectivity index is 2.83. The van der Waals surface area contributed by atoms with Crippen LogP contribution < -0.4 is 5.32 Å². The molecule has 0 saturated carbocycles. The highest BCUT2D eigenvalue weighted by molar-refractivity contribution is 6.33. The van der Waals surface area contributed by atoms with Gasteiger partial charge in [-0.3, -0.25) is 5.32 Å². The van der Waals surface area contributed by atoms with E-state index in [2.05, 4.69) is 4.74 Å². The molecule has 0 saturated heterocycles. The Labute approximate surface area is 109 Å². The second-order valence-electron chi connectivity index (χ2n) is 3.29. The maximum atomic E-state index is 12.4. The van der Waals surface area contributed by atoms with Gasteiger partial charge in [-0.25, -0.2) is 9.59 Å². The second kappa shape index (κ2) is 5.79. The quantitative estimate of drug-likeness (QED) is 0.899. The number of aliphatic carboxylic acids is 1. The van der Waals surface area contributed by atoms with Crippen LogP contribution in [0.5, 0.6) is 0 Å². The lowest BCUT2D eigenvalue weighted by atomic mass is 10.2. The molecule has 1 amide bonds. The van der Waals surface area contributed by atoms with Crippen molar-refractivity contribution in [2.75, 3.05) is 11.9 Å². The van der Waals surface area contributed by atoms with Crippen LogP contribution in [0.15, 0.2) is 18.2 Å². The molecule has 0 heterocycles. The topological polar surface area (TPSA) is 75.6 Å². The number of halogens is 4. The molecule has 1 aromatic carbocycles. The van der Waals surface area contributed by atoms with Crippen LogP contribution in [0.25, 0.3) is 0 Å². The summed E-state index contributed by atoms with van der Waals surface area (Å²) in [4.78, 5) is 21.2. The van der Waals surface area contributed by atoms with E-state index in [9.17, 15) is 22.8 Å². The molecule has 0 aliphatic rings. The summed E-state index contributed by atoms with van der Waals surface area (Å²) in [6, 6.07) is 2.32. The van der Waals surface area contributed by atoms with E-state index in [1.165, 1.54) is 0 Å². The van der Waals surface area contributed by atoms with Gasteiger partial charge in [-0.1, -0.05) is 11.6 Å². The number of alkyl halides is 3. The van der Waals surface area contributed by atoms with Gasteiger partial charge in [-0.05, 0) is 18.2 Å². The summed E-state index contributed by atoms with van der Waals surface area (Å²) < 4.78 is 41.5. The molecule has 0 radical (unpaired) electrons. The van der Waals surface area contributed by atoms with Crippen molar-refractivity contribution < 1.29 is 32.6 Å². The lowest BCUT2D eigenvalue weighted by Gasteiger charge is -2.11. The van der Waals surface area contributed by atoms with Crippen molar-refractivity contribution in [3.63, 3.8) is 0 Å². The lowest BCUT2D eigenvalue weighted by Crippen LogP contribution is -2.19. The molecule has 104 valence electrons. The molecule has 19 heavy (non-hydrogen) atoms. The predicted octanol–water partition coefficient (Wildman–Crippen LogP) is 2.99. The van der Waals surface area contributed by atoms with Crippen molar-refractivity contribution in [3.05, 3.63) is 28.8 Å². The van der Waals surface area contributed by atoms with Gasteiger partial charge >= 0.3 is 18.2 Å². The number of amides is 1. The Morgan fingerprint density at radius 3 is 2.53 bits per heavy atom. The van der Waals surface area contributed by atoms with Crippen LogP contribution in [-0.4, -0.2) is 23.8 Å². The van der Waals surface area contributed by atoms with Crippen molar-refractivity contribution in [3.8, 4) is 0 Å².